The van der Waals surface area contributed by atoms with Crippen LogP contribution >= 0.6 is 22.9 Å². The number of benzene rings is 3. The number of para-hydroxylation sites is 1. The molecule has 0 radical (unpaired) electrons. The number of carbonyl (C=O) groups excluding carboxylic acids is 1. The number of hydrogen-bond acceptors (Lipinski definition) is 6. The topological polar surface area (TPSA) is 79.8 Å². The summed E-state index contributed by atoms with van der Waals surface area (Å²) >= 11 is 7.72. The molecule has 10 heteroatoms. The predicted molar refractivity (Wildman–Crippen MR) is 148 cm³/mol. The molecule has 2 heterocycles. The zero-order chi connectivity index (χ0) is 26.2. The molecule has 0 spiro atoms. The maximum atomic E-state index is 13.7. The molecule has 5 rings (SSSR count). The first kappa shape index (κ1) is 25.7. The first-order valence-electron chi connectivity index (χ1n) is 11.9. The maximum Gasteiger partial charge on any atom is 0.264 e. The summed E-state index contributed by atoms with van der Waals surface area (Å²) < 4.78 is 34.3. The van der Waals surface area contributed by atoms with Crippen molar-refractivity contribution in [1.29, 1.82) is 0 Å². The van der Waals surface area contributed by atoms with Crippen LogP contribution in [-0.4, -0.2) is 45.6 Å². The fourth-order valence-electron chi connectivity index (χ4n) is 4.30. The van der Waals surface area contributed by atoms with E-state index in [-0.39, 0.29) is 16.9 Å². The number of nitrogens with zero attached hydrogens (tertiary/aromatic N) is 3. The number of sulfonamides is 1. The van der Waals surface area contributed by atoms with Crippen LogP contribution in [0.3, 0.4) is 0 Å². The van der Waals surface area contributed by atoms with Gasteiger partial charge in [-0.3, -0.25) is 14.0 Å². The number of amides is 1. The molecule has 1 saturated heterocycles. The molecule has 1 atom stereocenters. The molecule has 0 N–H and O–H groups in total. The highest BCUT2D eigenvalue weighted by Gasteiger charge is 2.28. The van der Waals surface area contributed by atoms with Gasteiger partial charge in [0.25, 0.3) is 15.9 Å². The molecule has 1 unspecified atom stereocenters. The highest BCUT2D eigenvalue weighted by atomic mass is 35.5. The van der Waals surface area contributed by atoms with E-state index in [1.165, 1.54) is 34.8 Å². The molecule has 1 aliphatic rings. The Labute approximate surface area is 225 Å². The van der Waals surface area contributed by atoms with Gasteiger partial charge in [0.1, 0.15) is 0 Å². The van der Waals surface area contributed by atoms with Gasteiger partial charge < -0.3 is 4.74 Å². The van der Waals surface area contributed by atoms with Crippen molar-refractivity contribution in [3.8, 4) is 0 Å². The molecule has 7 nitrogen and oxygen atoms in total. The lowest BCUT2D eigenvalue weighted by Gasteiger charge is -2.23. The van der Waals surface area contributed by atoms with Gasteiger partial charge in [0.15, 0.2) is 5.13 Å². The van der Waals surface area contributed by atoms with Crippen molar-refractivity contribution in [1.82, 2.24) is 4.98 Å². The van der Waals surface area contributed by atoms with Gasteiger partial charge in [-0.15, -0.1) is 0 Å². The molecule has 1 aliphatic heterocycles. The van der Waals surface area contributed by atoms with Crippen molar-refractivity contribution in [2.24, 2.45) is 0 Å². The summed E-state index contributed by atoms with van der Waals surface area (Å²) in [4.78, 5) is 20.2. The number of halogens is 1. The zero-order valence-corrected chi connectivity index (χ0v) is 22.8. The molecule has 37 heavy (non-hydrogen) atoms. The van der Waals surface area contributed by atoms with Crippen LogP contribution in [0, 0.1) is 6.92 Å². The summed E-state index contributed by atoms with van der Waals surface area (Å²) in [5.74, 6) is -0.265. The number of carbonyl (C=O) groups is 1. The maximum absolute atomic E-state index is 13.7. The number of fused-ring (bicyclic) bond motifs is 1. The van der Waals surface area contributed by atoms with E-state index in [1.54, 1.807) is 41.3 Å². The van der Waals surface area contributed by atoms with Crippen LogP contribution in [0.25, 0.3) is 10.2 Å². The third kappa shape index (κ3) is 5.09. The summed E-state index contributed by atoms with van der Waals surface area (Å²) in [7, 11) is -2.28. The fourth-order valence-corrected chi connectivity index (χ4v) is 6.68. The largest absolute Gasteiger partial charge is 0.376 e. The van der Waals surface area contributed by atoms with Crippen molar-refractivity contribution < 1.29 is 17.9 Å². The number of thiazole rings is 1. The van der Waals surface area contributed by atoms with Crippen LogP contribution in [-0.2, 0) is 14.8 Å². The van der Waals surface area contributed by atoms with Crippen LogP contribution in [0.15, 0.2) is 71.6 Å². The second kappa shape index (κ2) is 10.4. The standard InChI is InChI=1S/C27H26ClN3O4S2/c1-18-23(28)14-15-24-25(18)29-27(36-24)31(17-21-9-6-16-35-21)26(32)19-10-12-22(13-11-19)37(33,34)30(2)20-7-4-3-5-8-20/h3-5,7-8,10-15,21H,6,9,16-17H2,1-2H3. The van der Waals surface area contributed by atoms with Crippen LogP contribution < -0.4 is 9.21 Å². The second-order valence-corrected chi connectivity index (χ2v) is 12.3. The van der Waals surface area contributed by atoms with E-state index in [0.717, 1.165) is 28.6 Å². The van der Waals surface area contributed by atoms with Crippen molar-refractivity contribution in [2.75, 3.05) is 29.4 Å². The Balaban J connectivity index is 1.46. The third-order valence-corrected chi connectivity index (χ3v) is 9.76. The molecule has 192 valence electrons. The SMILES string of the molecule is Cc1c(Cl)ccc2sc(N(CC3CCCO3)C(=O)c3ccc(S(=O)(=O)N(C)c4ccccc4)cc3)nc12. The van der Waals surface area contributed by atoms with Gasteiger partial charge in [-0.25, -0.2) is 13.4 Å². The molecule has 4 aromatic rings. The summed E-state index contributed by atoms with van der Waals surface area (Å²) in [6, 6.07) is 18.6. The minimum atomic E-state index is -3.79. The second-order valence-electron chi connectivity index (χ2n) is 8.90. The molecule has 3 aromatic carbocycles. The average Bonchev–Trinajstić information content (AvgIpc) is 3.59. The number of anilines is 2. The Bertz CT molecular complexity index is 1530. The first-order chi connectivity index (χ1) is 17.8. The Morgan fingerprint density at radius 1 is 1.11 bits per heavy atom. The summed E-state index contributed by atoms with van der Waals surface area (Å²) in [5, 5.41) is 1.18. The average molecular weight is 556 g/mol. The smallest absolute Gasteiger partial charge is 0.264 e. The normalized spacial score (nSPS) is 15.7. The summed E-state index contributed by atoms with van der Waals surface area (Å²) in [5.41, 5.74) is 2.55. The summed E-state index contributed by atoms with van der Waals surface area (Å²) in [6.45, 7) is 2.94. The third-order valence-electron chi connectivity index (χ3n) is 6.50. The fraction of sp³-hybridized carbons (Fsp3) is 0.259. The molecule has 1 aromatic heterocycles. The first-order valence-corrected chi connectivity index (χ1v) is 14.5. The number of aromatic nitrogens is 1. The number of rotatable bonds is 7. The Morgan fingerprint density at radius 2 is 1.84 bits per heavy atom. The molecule has 1 amide bonds. The van der Waals surface area contributed by atoms with Gasteiger partial charge in [-0.05, 0) is 73.9 Å². The van der Waals surface area contributed by atoms with Crippen LogP contribution in [0.5, 0.6) is 0 Å². The van der Waals surface area contributed by atoms with Crippen molar-refractivity contribution in [3.63, 3.8) is 0 Å². The van der Waals surface area contributed by atoms with E-state index in [0.29, 0.717) is 34.6 Å². The van der Waals surface area contributed by atoms with Gasteiger partial charge in [-0.2, -0.15) is 0 Å². The monoisotopic (exact) mass is 555 g/mol. The minimum Gasteiger partial charge on any atom is -0.376 e. The molecular formula is C27H26ClN3O4S2. The van der Waals surface area contributed by atoms with E-state index >= 15 is 0 Å². The summed E-state index contributed by atoms with van der Waals surface area (Å²) in [6.07, 6.45) is 1.73. The van der Waals surface area contributed by atoms with E-state index < -0.39 is 10.0 Å². The number of aryl methyl sites for hydroxylation is 1. The Hall–Kier alpha value is -2.98. The van der Waals surface area contributed by atoms with E-state index in [2.05, 4.69) is 0 Å². The molecular weight excluding hydrogens is 530 g/mol. The van der Waals surface area contributed by atoms with Crippen molar-refractivity contribution in [2.45, 2.75) is 30.8 Å². The Morgan fingerprint density at radius 3 is 2.51 bits per heavy atom. The van der Waals surface area contributed by atoms with Crippen LogP contribution in [0.1, 0.15) is 28.8 Å². The number of ether oxygens (including phenoxy) is 1. The van der Waals surface area contributed by atoms with Crippen LogP contribution in [0.4, 0.5) is 10.8 Å². The van der Waals surface area contributed by atoms with Crippen LogP contribution in [0.2, 0.25) is 5.02 Å². The lowest BCUT2D eigenvalue weighted by atomic mass is 10.2. The van der Waals surface area contributed by atoms with E-state index in [4.69, 9.17) is 21.3 Å². The molecule has 0 saturated carbocycles. The van der Waals surface area contributed by atoms with Crippen molar-refractivity contribution >= 4 is 59.9 Å². The highest BCUT2D eigenvalue weighted by Crippen LogP contribution is 2.35. The van der Waals surface area contributed by atoms with Gasteiger partial charge in [0.05, 0.1) is 33.4 Å². The molecule has 1 fully saturated rings. The molecule has 0 aliphatic carbocycles. The number of hydrogen-bond donors (Lipinski definition) is 0. The van der Waals surface area contributed by atoms with Crippen molar-refractivity contribution in [3.05, 3.63) is 82.9 Å². The highest BCUT2D eigenvalue weighted by molar-refractivity contribution is 7.92. The van der Waals surface area contributed by atoms with Gasteiger partial charge in [0, 0.05) is 24.2 Å². The van der Waals surface area contributed by atoms with Gasteiger partial charge in [0.2, 0.25) is 0 Å². The Kier molecular flexibility index (Phi) is 7.22. The lowest BCUT2D eigenvalue weighted by molar-refractivity contribution is 0.0917. The van der Waals surface area contributed by atoms with Gasteiger partial charge in [-0.1, -0.05) is 41.1 Å². The van der Waals surface area contributed by atoms with E-state index in [1.807, 2.05) is 25.1 Å². The minimum absolute atomic E-state index is 0.0835. The molecule has 0 bridgehead atoms. The predicted octanol–water partition coefficient (Wildman–Crippen LogP) is 5.91. The lowest BCUT2D eigenvalue weighted by Crippen LogP contribution is -2.37. The van der Waals surface area contributed by atoms with Gasteiger partial charge >= 0.3 is 0 Å². The van der Waals surface area contributed by atoms with E-state index in [9.17, 15) is 13.2 Å². The quantitative estimate of drug-likeness (QED) is 0.283. The zero-order valence-electron chi connectivity index (χ0n) is 20.4.